The highest BCUT2D eigenvalue weighted by Gasteiger charge is 2.16. The SMILES string of the molecule is Cc1cc(NC(=O)CNc2cccc(OC[C@H]3CCCO3)c2)no1. The number of ether oxygens (including phenoxy) is 2. The van der Waals surface area contributed by atoms with E-state index in [1.165, 1.54) is 0 Å². The zero-order chi connectivity index (χ0) is 16.8. The van der Waals surface area contributed by atoms with Crippen molar-refractivity contribution < 1.29 is 18.8 Å². The minimum Gasteiger partial charge on any atom is -0.491 e. The van der Waals surface area contributed by atoms with Crippen molar-refractivity contribution in [3.8, 4) is 5.75 Å². The topological polar surface area (TPSA) is 85.6 Å². The van der Waals surface area contributed by atoms with Crippen LogP contribution in [0.25, 0.3) is 0 Å². The van der Waals surface area contributed by atoms with E-state index >= 15 is 0 Å². The van der Waals surface area contributed by atoms with E-state index in [2.05, 4.69) is 15.8 Å². The summed E-state index contributed by atoms with van der Waals surface area (Å²) in [4.78, 5) is 11.9. The molecule has 0 radical (unpaired) electrons. The molecule has 1 aromatic carbocycles. The molecule has 2 aromatic rings. The minimum atomic E-state index is -0.200. The van der Waals surface area contributed by atoms with E-state index in [0.29, 0.717) is 18.2 Å². The van der Waals surface area contributed by atoms with Crippen LogP contribution in [0, 0.1) is 6.92 Å². The lowest BCUT2D eigenvalue weighted by atomic mass is 10.2. The third-order valence-electron chi connectivity index (χ3n) is 3.64. The summed E-state index contributed by atoms with van der Waals surface area (Å²) < 4.78 is 16.2. The van der Waals surface area contributed by atoms with E-state index in [1.54, 1.807) is 13.0 Å². The number of carbonyl (C=O) groups is 1. The number of benzene rings is 1. The number of amides is 1. The standard InChI is InChI=1S/C17H21N3O4/c1-12-8-16(20-24-12)19-17(21)10-18-13-4-2-5-14(9-13)23-11-15-6-3-7-22-15/h2,4-5,8-9,15,18H,3,6-7,10-11H2,1H3,(H,19,20,21)/t15-/m1/s1. The maximum Gasteiger partial charge on any atom is 0.244 e. The highest BCUT2D eigenvalue weighted by atomic mass is 16.5. The van der Waals surface area contributed by atoms with Crippen LogP contribution in [0.5, 0.6) is 5.75 Å². The van der Waals surface area contributed by atoms with Crippen molar-refractivity contribution in [1.29, 1.82) is 0 Å². The number of nitrogens with zero attached hydrogens (tertiary/aromatic N) is 1. The lowest BCUT2D eigenvalue weighted by Crippen LogP contribution is -2.22. The molecule has 1 atom stereocenters. The summed E-state index contributed by atoms with van der Waals surface area (Å²) in [6.45, 7) is 3.26. The number of aryl methyl sites for hydroxylation is 1. The molecule has 7 heteroatoms. The fourth-order valence-corrected chi connectivity index (χ4v) is 2.46. The molecule has 1 fully saturated rings. The summed E-state index contributed by atoms with van der Waals surface area (Å²) in [5.41, 5.74) is 0.811. The maximum atomic E-state index is 11.9. The molecule has 1 saturated heterocycles. The van der Waals surface area contributed by atoms with E-state index in [0.717, 1.165) is 30.9 Å². The van der Waals surface area contributed by atoms with Crippen LogP contribution in [0.1, 0.15) is 18.6 Å². The molecular formula is C17H21N3O4. The van der Waals surface area contributed by atoms with Crippen LogP contribution in [0.4, 0.5) is 11.5 Å². The molecule has 0 bridgehead atoms. The zero-order valence-electron chi connectivity index (χ0n) is 13.6. The molecule has 0 unspecified atom stereocenters. The summed E-state index contributed by atoms with van der Waals surface area (Å²) in [6, 6.07) is 9.18. The van der Waals surface area contributed by atoms with Gasteiger partial charge in [-0.25, -0.2) is 0 Å². The van der Waals surface area contributed by atoms with Gasteiger partial charge in [0, 0.05) is 24.4 Å². The van der Waals surface area contributed by atoms with Crippen LogP contribution in [0.3, 0.4) is 0 Å². The molecule has 7 nitrogen and oxygen atoms in total. The molecule has 0 aliphatic carbocycles. The van der Waals surface area contributed by atoms with E-state index in [1.807, 2.05) is 24.3 Å². The van der Waals surface area contributed by atoms with Crippen LogP contribution >= 0.6 is 0 Å². The van der Waals surface area contributed by atoms with Crippen molar-refractivity contribution in [2.45, 2.75) is 25.9 Å². The van der Waals surface area contributed by atoms with Gasteiger partial charge in [0.15, 0.2) is 5.82 Å². The first-order valence-corrected chi connectivity index (χ1v) is 8.00. The van der Waals surface area contributed by atoms with Crippen LogP contribution in [-0.4, -0.2) is 36.9 Å². The lowest BCUT2D eigenvalue weighted by Gasteiger charge is -2.12. The van der Waals surface area contributed by atoms with Gasteiger partial charge in [-0.1, -0.05) is 11.2 Å². The Morgan fingerprint density at radius 3 is 3.08 bits per heavy atom. The first-order valence-electron chi connectivity index (χ1n) is 8.00. The highest BCUT2D eigenvalue weighted by molar-refractivity contribution is 5.92. The van der Waals surface area contributed by atoms with Gasteiger partial charge in [-0.2, -0.15) is 0 Å². The first-order chi connectivity index (χ1) is 11.7. The quantitative estimate of drug-likeness (QED) is 0.811. The Labute approximate surface area is 140 Å². The van der Waals surface area contributed by atoms with Gasteiger partial charge < -0.3 is 24.6 Å². The largest absolute Gasteiger partial charge is 0.491 e. The minimum absolute atomic E-state index is 0.126. The monoisotopic (exact) mass is 331 g/mol. The second kappa shape index (κ2) is 7.83. The van der Waals surface area contributed by atoms with Crippen molar-refractivity contribution in [2.24, 2.45) is 0 Å². The number of hydrogen-bond donors (Lipinski definition) is 2. The van der Waals surface area contributed by atoms with Crippen molar-refractivity contribution in [1.82, 2.24) is 5.16 Å². The summed E-state index contributed by atoms with van der Waals surface area (Å²) >= 11 is 0. The Hall–Kier alpha value is -2.54. The molecular weight excluding hydrogens is 310 g/mol. The molecule has 1 aromatic heterocycles. The summed E-state index contributed by atoms with van der Waals surface area (Å²) in [7, 11) is 0. The molecule has 1 amide bonds. The lowest BCUT2D eigenvalue weighted by molar-refractivity contribution is -0.114. The molecule has 0 saturated carbocycles. The van der Waals surface area contributed by atoms with E-state index in [-0.39, 0.29) is 18.6 Å². The van der Waals surface area contributed by atoms with E-state index < -0.39 is 0 Å². The Balaban J connectivity index is 1.46. The molecule has 3 rings (SSSR count). The first kappa shape index (κ1) is 16.3. The Morgan fingerprint density at radius 1 is 1.42 bits per heavy atom. The number of nitrogens with one attached hydrogen (secondary N) is 2. The van der Waals surface area contributed by atoms with Crippen molar-refractivity contribution in [3.05, 3.63) is 36.1 Å². The Morgan fingerprint density at radius 2 is 2.33 bits per heavy atom. The predicted octanol–water partition coefficient (Wildman–Crippen LogP) is 2.59. The molecule has 1 aliphatic heterocycles. The number of rotatable bonds is 7. The van der Waals surface area contributed by atoms with E-state index in [9.17, 15) is 4.79 Å². The summed E-state index contributed by atoms with van der Waals surface area (Å²) in [6.07, 6.45) is 2.31. The number of aromatic nitrogens is 1. The molecule has 2 N–H and O–H groups in total. The molecule has 24 heavy (non-hydrogen) atoms. The molecule has 0 spiro atoms. The third-order valence-corrected chi connectivity index (χ3v) is 3.64. The van der Waals surface area contributed by atoms with Gasteiger partial charge in [0.05, 0.1) is 12.6 Å². The average molecular weight is 331 g/mol. The summed E-state index contributed by atoms with van der Waals surface area (Å²) in [5, 5.41) is 9.43. The zero-order valence-corrected chi connectivity index (χ0v) is 13.6. The number of hydrogen-bond acceptors (Lipinski definition) is 6. The molecule has 128 valence electrons. The van der Waals surface area contributed by atoms with Gasteiger partial charge in [-0.3, -0.25) is 4.79 Å². The average Bonchev–Trinajstić information content (AvgIpc) is 3.23. The van der Waals surface area contributed by atoms with Crippen molar-refractivity contribution in [3.63, 3.8) is 0 Å². The number of carbonyl (C=O) groups excluding carboxylic acids is 1. The van der Waals surface area contributed by atoms with Crippen molar-refractivity contribution in [2.75, 3.05) is 30.4 Å². The molecule has 2 heterocycles. The second-order valence-corrected chi connectivity index (χ2v) is 5.70. The Kier molecular flexibility index (Phi) is 5.32. The van der Waals surface area contributed by atoms with Gasteiger partial charge in [-0.15, -0.1) is 0 Å². The normalized spacial score (nSPS) is 16.8. The molecule has 1 aliphatic rings. The fraction of sp³-hybridized carbons (Fsp3) is 0.412. The second-order valence-electron chi connectivity index (χ2n) is 5.70. The predicted molar refractivity (Wildman–Crippen MR) is 89.3 cm³/mol. The van der Waals surface area contributed by atoms with Gasteiger partial charge in [-0.05, 0) is 31.9 Å². The van der Waals surface area contributed by atoms with Gasteiger partial charge in [0.2, 0.25) is 5.91 Å². The van der Waals surface area contributed by atoms with Crippen molar-refractivity contribution >= 4 is 17.4 Å². The smallest absolute Gasteiger partial charge is 0.244 e. The van der Waals surface area contributed by atoms with Crippen LogP contribution in [-0.2, 0) is 9.53 Å². The maximum absolute atomic E-state index is 11.9. The third kappa shape index (κ3) is 4.73. The van der Waals surface area contributed by atoms with Gasteiger partial charge >= 0.3 is 0 Å². The highest BCUT2D eigenvalue weighted by Crippen LogP contribution is 2.19. The van der Waals surface area contributed by atoms with Crippen LogP contribution in [0.15, 0.2) is 34.9 Å². The van der Waals surface area contributed by atoms with Crippen LogP contribution in [0.2, 0.25) is 0 Å². The van der Waals surface area contributed by atoms with Gasteiger partial charge in [0.1, 0.15) is 18.1 Å². The van der Waals surface area contributed by atoms with Crippen LogP contribution < -0.4 is 15.4 Å². The number of anilines is 2. The Bertz CT molecular complexity index is 680. The van der Waals surface area contributed by atoms with E-state index in [4.69, 9.17) is 14.0 Å². The summed E-state index contributed by atoms with van der Waals surface area (Å²) in [5.74, 6) is 1.61. The van der Waals surface area contributed by atoms with Gasteiger partial charge in [0.25, 0.3) is 0 Å². The fourth-order valence-electron chi connectivity index (χ4n) is 2.46.